The maximum Gasteiger partial charge on any atom is 0.309 e. The van der Waals surface area contributed by atoms with Gasteiger partial charge in [0.2, 0.25) is 0 Å². The third-order valence-corrected chi connectivity index (χ3v) is 4.65. The molecule has 0 aromatic heterocycles. The van der Waals surface area contributed by atoms with Crippen LogP contribution in [0.1, 0.15) is 56.9 Å². The molecule has 2 N–H and O–H groups in total. The molecule has 0 spiro atoms. The van der Waals surface area contributed by atoms with Crippen molar-refractivity contribution < 1.29 is 15.0 Å². The lowest BCUT2D eigenvalue weighted by Gasteiger charge is -2.40. The van der Waals surface area contributed by atoms with E-state index in [1.165, 1.54) is 5.56 Å². The van der Waals surface area contributed by atoms with Crippen LogP contribution in [0.4, 0.5) is 0 Å². The number of hydrogen-bond donors (Lipinski definition) is 2. The van der Waals surface area contributed by atoms with E-state index in [1.54, 1.807) is 0 Å². The predicted octanol–water partition coefficient (Wildman–Crippen LogP) is 3.58. The zero-order valence-corrected chi connectivity index (χ0v) is 12.1. The Kier molecular flexibility index (Phi) is 4.81. The average molecular weight is 276 g/mol. The molecule has 0 radical (unpaired) electrons. The van der Waals surface area contributed by atoms with Crippen molar-refractivity contribution in [3.8, 4) is 0 Å². The number of carboxylic acid groups (broad SMARTS) is 1. The van der Waals surface area contributed by atoms with Gasteiger partial charge in [-0.25, -0.2) is 0 Å². The van der Waals surface area contributed by atoms with E-state index in [0.717, 1.165) is 19.3 Å². The molecule has 1 aliphatic carbocycles. The molecule has 1 fully saturated rings. The van der Waals surface area contributed by atoms with E-state index in [1.807, 2.05) is 25.1 Å². The molecule has 1 aliphatic rings. The normalized spacial score (nSPS) is 28.0. The molecule has 0 bridgehead atoms. The van der Waals surface area contributed by atoms with Crippen LogP contribution in [0.25, 0.3) is 0 Å². The third-order valence-electron chi connectivity index (χ3n) is 4.65. The summed E-state index contributed by atoms with van der Waals surface area (Å²) < 4.78 is 0. The largest absolute Gasteiger partial charge is 0.481 e. The topological polar surface area (TPSA) is 57.5 Å². The summed E-state index contributed by atoms with van der Waals surface area (Å²) in [5.41, 5.74) is 0.282. The van der Waals surface area contributed by atoms with Crippen LogP contribution in [0.5, 0.6) is 0 Å². The van der Waals surface area contributed by atoms with Gasteiger partial charge in [-0.2, -0.15) is 0 Å². The fraction of sp³-hybridized carbons (Fsp3) is 0.588. The Morgan fingerprint density at radius 1 is 1.30 bits per heavy atom. The highest BCUT2D eigenvalue weighted by atomic mass is 16.4. The molecular weight excluding hydrogens is 252 g/mol. The number of carboxylic acids is 1. The summed E-state index contributed by atoms with van der Waals surface area (Å²) in [6.07, 6.45) is 4.26. The average Bonchev–Trinajstić information content (AvgIpc) is 2.46. The maximum absolute atomic E-state index is 11.4. The minimum Gasteiger partial charge on any atom is -0.481 e. The lowest BCUT2D eigenvalue weighted by molar-refractivity contribution is -0.155. The maximum atomic E-state index is 11.4. The molecule has 110 valence electrons. The van der Waals surface area contributed by atoms with Crippen LogP contribution >= 0.6 is 0 Å². The Labute approximate surface area is 120 Å². The van der Waals surface area contributed by atoms with Gasteiger partial charge in [0.15, 0.2) is 0 Å². The second-order valence-electron chi connectivity index (χ2n) is 5.97. The molecule has 0 saturated heterocycles. The molecule has 20 heavy (non-hydrogen) atoms. The molecule has 1 unspecified atom stereocenters. The van der Waals surface area contributed by atoms with Crippen LogP contribution in [-0.4, -0.2) is 21.8 Å². The van der Waals surface area contributed by atoms with Crippen LogP contribution in [-0.2, 0) is 4.79 Å². The van der Waals surface area contributed by atoms with Gasteiger partial charge in [0.05, 0.1) is 11.5 Å². The number of carbonyl (C=O) groups is 1. The van der Waals surface area contributed by atoms with Crippen molar-refractivity contribution in [2.75, 3.05) is 0 Å². The number of benzene rings is 1. The van der Waals surface area contributed by atoms with Gasteiger partial charge >= 0.3 is 5.97 Å². The second-order valence-corrected chi connectivity index (χ2v) is 5.97. The first kappa shape index (κ1) is 15.0. The van der Waals surface area contributed by atoms with Crippen molar-refractivity contribution in [1.82, 2.24) is 0 Å². The molecule has 3 nitrogen and oxygen atoms in total. The van der Waals surface area contributed by atoms with Gasteiger partial charge in [0.25, 0.3) is 0 Å². The number of aliphatic carboxylic acids is 1. The molecule has 1 aromatic rings. The van der Waals surface area contributed by atoms with Gasteiger partial charge < -0.3 is 10.2 Å². The summed E-state index contributed by atoms with van der Waals surface area (Å²) in [6.45, 7) is 1.97. The molecule has 3 heteroatoms. The van der Waals surface area contributed by atoms with Crippen molar-refractivity contribution in [1.29, 1.82) is 0 Å². The van der Waals surface area contributed by atoms with Crippen LogP contribution in [0.3, 0.4) is 0 Å². The fourth-order valence-electron chi connectivity index (χ4n) is 3.44. The molecule has 0 amide bonds. The van der Waals surface area contributed by atoms with E-state index < -0.39 is 17.5 Å². The molecule has 1 aromatic carbocycles. The summed E-state index contributed by atoms with van der Waals surface area (Å²) >= 11 is 0. The van der Waals surface area contributed by atoms with E-state index in [4.69, 9.17) is 0 Å². The van der Waals surface area contributed by atoms with Gasteiger partial charge in [-0.05, 0) is 43.6 Å². The molecule has 1 atom stereocenters. The van der Waals surface area contributed by atoms with Gasteiger partial charge in [-0.3, -0.25) is 4.79 Å². The summed E-state index contributed by atoms with van der Waals surface area (Å²) in [5.74, 6) is -1.02. The highest BCUT2D eigenvalue weighted by Gasteiger charge is 2.43. The SMILES string of the molecule is CCCC(C(=O)O)C1(O)CCC(c2ccccc2)CC1. The smallest absolute Gasteiger partial charge is 0.309 e. The predicted molar refractivity (Wildman–Crippen MR) is 78.6 cm³/mol. The lowest BCUT2D eigenvalue weighted by atomic mass is 9.69. The quantitative estimate of drug-likeness (QED) is 0.864. The van der Waals surface area contributed by atoms with E-state index in [9.17, 15) is 15.0 Å². The van der Waals surface area contributed by atoms with Gasteiger partial charge in [-0.1, -0.05) is 43.7 Å². The van der Waals surface area contributed by atoms with Crippen molar-refractivity contribution in [3.05, 3.63) is 35.9 Å². The van der Waals surface area contributed by atoms with Crippen LogP contribution in [0, 0.1) is 5.92 Å². The van der Waals surface area contributed by atoms with Crippen LogP contribution in [0.2, 0.25) is 0 Å². The van der Waals surface area contributed by atoms with E-state index >= 15 is 0 Å². The standard InChI is InChI=1S/C17H24O3/c1-2-6-15(16(18)19)17(20)11-9-14(10-12-17)13-7-4-3-5-8-13/h3-5,7-8,14-15,20H,2,6,9-12H2,1H3,(H,18,19). The Morgan fingerprint density at radius 2 is 1.90 bits per heavy atom. The van der Waals surface area contributed by atoms with Crippen molar-refractivity contribution in [2.24, 2.45) is 5.92 Å². The zero-order chi connectivity index (χ0) is 14.6. The second kappa shape index (κ2) is 6.40. The molecule has 1 saturated carbocycles. The first-order chi connectivity index (χ1) is 9.57. The summed E-state index contributed by atoms with van der Waals surface area (Å²) in [6, 6.07) is 10.3. The van der Waals surface area contributed by atoms with Crippen molar-refractivity contribution in [3.63, 3.8) is 0 Å². The Hall–Kier alpha value is -1.35. The monoisotopic (exact) mass is 276 g/mol. The Morgan fingerprint density at radius 3 is 2.40 bits per heavy atom. The highest BCUT2D eigenvalue weighted by Crippen LogP contribution is 2.42. The molecule has 2 rings (SSSR count). The Balaban J connectivity index is 2.03. The Bertz CT molecular complexity index is 433. The fourth-order valence-corrected chi connectivity index (χ4v) is 3.44. The van der Waals surface area contributed by atoms with Crippen molar-refractivity contribution in [2.45, 2.75) is 57.0 Å². The first-order valence-electron chi connectivity index (χ1n) is 7.57. The highest BCUT2D eigenvalue weighted by molar-refractivity contribution is 5.71. The number of rotatable bonds is 5. The van der Waals surface area contributed by atoms with Gasteiger partial charge in [0.1, 0.15) is 0 Å². The minimum atomic E-state index is -1.02. The summed E-state index contributed by atoms with van der Waals surface area (Å²) in [7, 11) is 0. The van der Waals surface area contributed by atoms with Crippen LogP contribution < -0.4 is 0 Å². The van der Waals surface area contributed by atoms with E-state index in [0.29, 0.717) is 25.2 Å². The summed E-state index contributed by atoms with van der Waals surface area (Å²) in [5, 5.41) is 20.1. The lowest BCUT2D eigenvalue weighted by Crippen LogP contribution is -2.45. The number of aliphatic hydroxyl groups is 1. The molecule has 0 aliphatic heterocycles. The molecular formula is C17H24O3. The van der Waals surface area contributed by atoms with Gasteiger partial charge in [-0.15, -0.1) is 0 Å². The number of hydrogen-bond acceptors (Lipinski definition) is 2. The first-order valence-corrected chi connectivity index (χ1v) is 7.57. The zero-order valence-electron chi connectivity index (χ0n) is 12.1. The third kappa shape index (κ3) is 3.21. The van der Waals surface area contributed by atoms with E-state index in [-0.39, 0.29) is 0 Å². The van der Waals surface area contributed by atoms with Gasteiger partial charge in [0, 0.05) is 0 Å². The van der Waals surface area contributed by atoms with Crippen LogP contribution in [0.15, 0.2) is 30.3 Å². The van der Waals surface area contributed by atoms with Crippen molar-refractivity contribution >= 4 is 5.97 Å². The molecule has 0 heterocycles. The minimum absolute atomic E-state index is 0.451. The van der Waals surface area contributed by atoms with E-state index in [2.05, 4.69) is 12.1 Å². The summed E-state index contributed by atoms with van der Waals surface area (Å²) in [4.78, 5) is 11.4.